The third-order valence-corrected chi connectivity index (χ3v) is 6.80. The van der Waals surface area contributed by atoms with E-state index in [1.807, 2.05) is 13.8 Å². The fraction of sp³-hybridized carbons (Fsp3) is 0.350. The molecule has 3 aromatic rings. The number of halogens is 3. The minimum absolute atomic E-state index is 0.0909. The van der Waals surface area contributed by atoms with Crippen LogP contribution in [0, 0.1) is 25.5 Å². The Bertz CT molecular complexity index is 1090. The van der Waals surface area contributed by atoms with Crippen molar-refractivity contribution in [2.75, 3.05) is 23.3 Å². The summed E-state index contributed by atoms with van der Waals surface area (Å²) in [7, 11) is 0. The maximum absolute atomic E-state index is 14.1. The summed E-state index contributed by atoms with van der Waals surface area (Å²) < 4.78 is 27.6. The van der Waals surface area contributed by atoms with Gasteiger partial charge < -0.3 is 10.2 Å². The topological polar surface area (TPSA) is 58.1 Å². The van der Waals surface area contributed by atoms with Gasteiger partial charge in [-0.3, -0.25) is 4.79 Å². The number of aromatic nitrogens is 2. The van der Waals surface area contributed by atoms with Crippen LogP contribution in [-0.4, -0.2) is 29.0 Å². The summed E-state index contributed by atoms with van der Waals surface area (Å²) in [5, 5.41) is 3.43. The Morgan fingerprint density at radius 1 is 1.17 bits per heavy atom. The minimum Gasteiger partial charge on any atom is -0.356 e. The fourth-order valence-corrected chi connectivity index (χ4v) is 5.23. The van der Waals surface area contributed by atoms with E-state index in [2.05, 4.69) is 36.1 Å². The molecular formula is C20H19BrF2N4OS. The van der Waals surface area contributed by atoms with Gasteiger partial charge in [0.15, 0.2) is 5.82 Å². The zero-order valence-electron chi connectivity index (χ0n) is 16.0. The van der Waals surface area contributed by atoms with Gasteiger partial charge in [-0.1, -0.05) is 0 Å². The molecule has 29 heavy (non-hydrogen) atoms. The van der Waals surface area contributed by atoms with E-state index in [9.17, 15) is 13.6 Å². The molecular weight excluding hydrogens is 462 g/mol. The highest BCUT2D eigenvalue weighted by molar-refractivity contribution is 9.10. The van der Waals surface area contributed by atoms with Crippen LogP contribution in [0.3, 0.4) is 0 Å². The lowest BCUT2D eigenvalue weighted by molar-refractivity contribution is 0.102. The van der Waals surface area contributed by atoms with Gasteiger partial charge in [-0.05, 0) is 60.7 Å². The van der Waals surface area contributed by atoms with Crippen molar-refractivity contribution >= 4 is 54.9 Å². The predicted octanol–water partition coefficient (Wildman–Crippen LogP) is 5.59. The number of hydrogen-bond acceptors (Lipinski definition) is 5. The number of thiophene rings is 1. The lowest BCUT2D eigenvalue weighted by Gasteiger charge is -2.28. The van der Waals surface area contributed by atoms with Crippen LogP contribution in [0.1, 0.15) is 40.3 Å². The predicted molar refractivity (Wildman–Crippen MR) is 115 cm³/mol. The first kappa shape index (κ1) is 20.2. The van der Waals surface area contributed by atoms with Crippen LogP contribution in [0.25, 0.3) is 10.2 Å². The van der Waals surface area contributed by atoms with Crippen molar-refractivity contribution in [1.82, 2.24) is 9.97 Å². The molecule has 0 bridgehead atoms. The zero-order chi connectivity index (χ0) is 20.7. The van der Waals surface area contributed by atoms with E-state index in [0.29, 0.717) is 10.7 Å². The van der Waals surface area contributed by atoms with Gasteiger partial charge in [0.1, 0.15) is 22.3 Å². The number of aryl methyl sites for hydroxylation is 2. The SMILES string of the molecule is Cc1nc(N2CCCCC2)c2c(C)c(C(=O)Nc3c(F)cc(F)cc3Br)sc2n1. The number of carbonyl (C=O) groups is 1. The minimum atomic E-state index is -0.839. The Kier molecular flexibility index (Phi) is 5.52. The maximum Gasteiger partial charge on any atom is 0.266 e. The van der Waals surface area contributed by atoms with Crippen LogP contribution >= 0.6 is 27.3 Å². The molecule has 3 heterocycles. The lowest BCUT2D eigenvalue weighted by Crippen LogP contribution is -2.30. The van der Waals surface area contributed by atoms with Crippen molar-refractivity contribution < 1.29 is 13.6 Å². The molecule has 0 spiro atoms. The molecule has 0 radical (unpaired) electrons. The molecule has 1 amide bonds. The molecule has 1 saturated heterocycles. The molecule has 1 fully saturated rings. The van der Waals surface area contributed by atoms with Crippen molar-refractivity contribution in [2.24, 2.45) is 0 Å². The Hall–Kier alpha value is -2.13. The van der Waals surface area contributed by atoms with Gasteiger partial charge in [0.2, 0.25) is 0 Å². The number of rotatable bonds is 3. The quantitative estimate of drug-likeness (QED) is 0.530. The van der Waals surface area contributed by atoms with Gasteiger partial charge in [0.25, 0.3) is 5.91 Å². The summed E-state index contributed by atoms with van der Waals surface area (Å²) in [6, 6.07) is 1.85. The first-order valence-electron chi connectivity index (χ1n) is 9.33. The van der Waals surface area contributed by atoms with E-state index in [1.165, 1.54) is 17.8 Å². The van der Waals surface area contributed by atoms with Gasteiger partial charge in [0.05, 0.1) is 16.0 Å². The van der Waals surface area contributed by atoms with Crippen LogP contribution < -0.4 is 10.2 Å². The summed E-state index contributed by atoms with van der Waals surface area (Å²) in [5.74, 6) is -0.511. The number of anilines is 2. The molecule has 5 nitrogen and oxygen atoms in total. The average molecular weight is 481 g/mol. The maximum atomic E-state index is 14.1. The molecule has 1 aromatic carbocycles. The van der Waals surface area contributed by atoms with E-state index in [0.717, 1.165) is 59.7 Å². The molecule has 1 N–H and O–H groups in total. The number of hydrogen-bond donors (Lipinski definition) is 1. The molecule has 0 aliphatic carbocycles. The zero-order valence-corrected chi connectivity index (χ0v) is 18.4. The van der Waals surface area contributed by atoms with E-state index >= 15 is 0 Å². The largest absolute Gasteiger partial charge is 0.356 e. The number of piperidine rings is 1. The van der Waals surface area contributed by atoms with Crippen molar-refractivity contribution in [3.05, 3.63) is 44.5 Å². The lowest BCUT2D eigenvalue weighted by atomic mass is 10.1. The number of fused-ring (bicyclic) bond motifs is 1. The number of nitrogens with zero attached hydrogens (tertiary/aromatic N) is 3. The van der Waals surface area contributed by atoms with Crippen molar-refractivity contribution in [2.45, 2.75) is 33.1 Å². The van der Waals surface area contributed by atoms with E-state index < -0.39 is 17.5 Å². The molecule has 0 saturated carbocycles. The van der Waals surface area contributed by atoms with Crippen LogP contribution in [0.2, 0.25) is 0 Å². The number of carbonyl (C=O) groups excluding carboxylic acids is 1. The summed E-state index contributed by atoms with van der Waals surface area (Å²) in [5.41, 5.74) is 0.675. The summed E-state index contributed by atoms with van der Waals surface area (Å²) in [6.45, 7) is 5.55. The number of nitrogens with one attached hydrogen (secondary N) is 1. The Balaban J connectivity index is 1.75. The van der Waals surface area contributed by atoms with Gasteiger partial charge >= 0.3 is 0 Å². The van der Waals surface area contributed by atoms with Crippen LogP contribution in [0.15, 0.2) is 16.6 Å². The molecule has 1 aliphatic rings. The van der Waals surface area contributed by atoms with Crippen molar-refractivity contribution in [3.8, 4) is 0 Å². The Labute approximate surface area is 179 Å². The Morgan fingerprint density at radius 2 is 1.90 bits per heavy atom. The molecule has 1 aliphatic heterocycles. The van der Waals surface area contributed by atoms with Gasteiger partial charge in [-0.25, -0.2) is 18.7 Å². The Morgan fingerprint density at radius 3 is 2.59 bits per heavy atom. The highest BCUT2D eigenvalue weighted by atomic mass is 79.9. The summed E-state index contributed by atoms with van der Waals surface area (Å²) >= 11 is 4.36. The monoisotopic (exact) mass is 480 g/mol. The number of amides is 1. The smallest absolute Gasteiger partial charge is 0.266 e. The van der Waals surface area contributed by atoms with Crippen LogP contribution in [0.5, 0.6) is 0 Å². The van der Waals surface area contributed by atoms with E-state index in [-0.39, 0.29) is 10.2 Å². The summed E-state index contributed by atoms with van der Waals surface area (Å²) in [4.78, 5) is 25.5. The van der Waals surface area contributed by atoms with Gasteiger partial charge in [-0.2, -0.15) is 0 Å². The second-order valence-corrected chi connectivity index (χ2v) is 8.93. The molecule has 2 aromatic heterocycles. The molecule has 4 rings (SSSR count). The van der Waals surface area contributed by atoms with E-state index in [4.69, 9.17) is 0 Å². The van der Waals surface area contributed by atoms with Crippen LogP contribution in [0.4, 0.5) is 20.3 Å². The van der Waals surface area contributed by atoms with Crippen LogP contribution in [-0.2, 0) is 0 Å². The van der Waals surface area contributed by atoms with Crippen molar-refractivity contribution in [1.29, 1.82) is 0 Å². The standard InChI is InChI=1S/C20H19BrF2N4OS/c1-10-15-18(27-6-4-3-5-7-27)24-11(2)25-20(15)29-17(10)19(28)26-16-13(21)8-12(22)9-14(16)23/h8-9H,3-7H2,1-2H3,(H,26,28). The highest BCUT2D eigenvalue weighted by Crippen LogP contribution is 2.37. The third-order valence-electron chi connectivity index (χ3n) is 4.99. The van der Waals surface area contributed by atoms with E-state index in [1.54, 1.807) is 0 Å². The first-order chi connectivity index (χ1) is 13.8. The van der Waals surface area contributed by atoms with Gasteiger partial charge in [0, 0.05) is 23.6 Å². The third kappa shape index (κ3) is 3.85. The second kappa shape index (κ2) is 7.95. The van der Waals surface area contributed by atoms with Crippen molar-refractivity contribution in [3.63, 3.8) is 0 Å². The molecule has 9 heteroatoms. The molecule has 152 valence electrons. The number of benzene rings is 1. The first-order valence-corrected chi connectivity index (χ1v) is 10.9. The fourth-order valence-electron chi connectivity index (χ4n) is 3.60. The second-order valence-electron chi connectivity index (χ2n) is 7.08. The van der Waals surface area contributed by atoms with Gasteiger partial charge in [-0.15, -0.1) is 11.3 Å². The average Bonchev–Trinajstić information content (AvgIpc) is 3.01. The summed E-state index contributed by atoms with van der Waals surface area (Å²) in [6.07, 6.45) is 3.43. The molecule has 0 unspecified atom stereocenters. The normalized spacial score (nSPS) is 14.4. The molecule has 0 atom stereocenters. The highest BCUT2D eigenvalue weighted by Gasteiger charge is 2.24.